The van der Waals surface area contributed by atoms with E-state index in [1.807, 2.05) is 50.2 Å². The number of hydrogen-bond donors (Lipinski definition) is 0. The van der Waals surface area contributed by atoms with Gasteiger partial charge in [0.1, 0.15) is 18.3 Å². The number of fused-ring (bicyclic) bond motifs is 3. The number of benzene rings is 3. The maximum absolute atomic E-state index is 14.4. The minimum Gasteiger partial charge on any atom is -0.405 e. The van der Waals surface area contributed by atoms with E-state index in [0.29, 0.717) is 0 Å². The number of nitrogens with zero attached hydrogens (tertiary/aromatic N) is 1. The van der Waals surface area contributed by atoms with Crippen LogP contribution in [0.15, 0.2) is 84.9 Å². The van der Waals surface area contributed by atoms with Crippen molar-refractivity contribution < 1.29 is 28.2 Å². The Morgan fingerprint density at radius 3 is 2.12 bits per heavy atom. The van der Waals surface area contributed by atoms with Crippen molar-refractivity contribution in [2.45, 2.75) is 81.2 Å². The molecule has 3 aromatic carbocycles. The van der Waals surface area contributed by atoms with Crippen LogP contribution in [-0.2, 0) is 28.2 Å². The molecule has 0 aliphatic carbocycles. The molecular weight excluding hydrogens is 534 g/mol. The molecule has 8 rings (SSSR count). The van der Waals surface area contributed by atoms with Gasteiger partial charge in [0.25, 0.3) is 14.2 Å². The van der Waals surface area contributed by atoms with Gasteiger partial charge in [0.2, 0.25) is 11.3 Å². The highest BCUT2D eigenvalue weighted by atomic mass is 28.4. The average Bonchev–Trinajstić information content (AvgIpc) is 3.28. The molecule has 0 bridgehead atoms. The molecule has 0 saturated carbocycles. The van der Waals surface area contributed by atoms with Gasteiger partial charge in [0, 0.05) is 5.56 Å². The zero-order chi connectivity index (χ0) is 28.4. The van der Waals surface area contributed by atoms with Gasteiger partial charge in [-0.05, 0) is 35.3 Å². The largest absolute Gasteiger partial charge is 0.405 e. The summed E-state index contributed by atoms with van der Waals surface area (Å²) >= 11 is 0. The topological polar surface area (TPSA) is 69.8 Å². The van der Waals surface area contributed by atoms with E-state index < -0.39 is 43.7 Å². The Balaban J connectivity index is 1.19. The molecule has 5 aliphatic heterocycles. The molecule has 2 spiro atoms. The molecule has 5 heterocycles. The molecule has 0 unspecified atom stereocenters. The smallest absolute Gasteiger partial charge is 0.267 e. The van der Waals surface area contributed by atoms with Crippen LogP contribution in [0.3, 0.4) is 0 Å². The third-order valence-corrected chi connectivity index (χ3v) is 14.5. The Morgan fingerprint density at radius 2 is 1.49 bits per heavy atom. The van der Waals surface area contributed by atoms with Crippen molar-refractivity contribution in [3.05, 3.63) is 90.5 Å². The molecule has 8 heteroatoms. The van der Waals surface area contributed by atoms with Gasteiger partial charge in [-0.15, -0.1) is 0 Å². The maximum atomic E-state index is 14.4. The Hall–Kier alpha value is -2.85. The second kappa shape index (κ2) is 8.16. The number of anilines is 1. The zero-order valence-corrected chi connectivity index (χ0v) is 25.0. The Bertz CT molecular complexity index is 1500. The van der Waals surface area contributed by atoms with Crippen LogP contribution in [0.1, 0.15) is 46.3 Å². The first kappa shape index (κ1) is 25.8. The van der Waals surface area contributed by atoms with Crippen LogP contribution >= 0.6 is 0 Å². The van der Waals surface area contributed by atoms with E-state index in [1.54, 1.807) is 4.90 Å². The third kappa shape index (κ3) is 3.13. The van der Waals surface area contributed by atoms with Gasteiger partial charge in [-0.2, -0.15) is 0 Å². The molecular formula is C33H35NO6Si. The summed E-state index contributed by atoms with van der Waals surface area (Å²) < 4.78 is 33.5. The van der Waals surface area contributed by atoms with Gasteiger partial charge in [-0.1, -0.05) is 99.6 Å². The van der Waals surface area contributed by atoms with Crippen molar-refractivity contribution in [1.29, 1.82) is 0 Å². The third-order valence-electron chi connectivity index (χ3n) is 9.51. The van der Waals surface area contributed by atoms with Crippen LogP contribution < -0.4 is 15.3 Å². The Kier molecular flexibility index (Phi) is 5.14. The first-order valence-corrected chi connectivity index (χ1v) is 16.4. The maximum Gasteiger partial charge on any atom is 0.267 e. The first-order valence-electron chi connectivity index (χ1n) is 14.5. The number of hydrogen-bond acceptors (Lipinski definition) is 6. The van der Waals surface area contributed by atoms with Crippen LogP contribution in [0.2, 0.25) is 5.04 Å². The summed E-state index contributed by atoms with van der Waals surface area (Å²) in [6.07, 6.45) is -2.03. The molecule has 6 atom stereocenters. The van der Waals surface area contributed by atoms with Crippen molar-refractivity contribution in [3.63, 3.8) is 0 Å². The van der Waals surface area contributed by atoms with Crippen molar-refractivity contribution in [3.8, 4) is 0 Å². The lowest BCUT2D eigenvalue weighted by Crippen LogP contribution is -2.67. The minimum atomic E-state index is -2.84. The predicted octanol–water partition coefficient (Wildman–Crippen LogP) is 4.05. The summed E-state index contributed by atoms with van der Waals surface area (Å²) in [4.78, 5) is 16.2. The Morgan fingerprint density at radius 1 is 0.878 bits per heavy atom. The van der Waals surface area contributed by atoms with Gasteiger partial charge in [0.05, 0.1) is 12.3 Å². The highest BCUT2D eigenvalue weighted by molar-refractivity contribution is 6.99. The van der Waals surface area contributed by atoms with E-state index in [1.165, 1.54) is 10.4 Å². The number of amides is 1. The lowest BCUT2D eigenvalue weighted by Gasteiger charge is -2.43. The highest BCUT2D eigenvalue weighted by Crippen LogP contribution is 2.72. The number of epoxide rings is 1. The molecule has 7 nitrogen and oxygen atoms in total. The zero-order valence-electron chi connectivity index (χ0n) is 24.0. The summed E-state index contributed by atoms with van der Waals surface area (Å²) in [5.41, 5.74) is -0.324. The first-order chi connectivity index (χ1) is 19.6. The van der Waals surface area contributed by atoms with E-state index in [2.05, 4.69) is 69.3 Å². The van der Waals surface area contributed by atoms with E-state index >= 15 is 0 Å². The summed E-state index contributed by atoms with van der Waals surface area (Å²) in [6, 6.07) is 29.0. The molecule has 212 valence electrons. The lowest BCUT2D eigenvalue weighted by molar-refractivity contribution is -0.206. The van der Waals surface area contributed by atoms with Crippen molar-refractivity contribution >= 4 is 30.3 Å². The van der Waals surface area contributed by atoms with Gasteiger partial charge in [-0.3, -0.25) is 9.69 Å². The van der Waals surface area contributed by atoms with Gasteiger partial charge < -0.3 is 23.4 Å². The molecule has 0 aromatic heterocycles. The van der Waals surface area contributed by atoms with E-state index in [4.69, 9.17) is 23.4 Å². The second-order valence-electron chi connectivity index (χ2n) is 13.3. The molecule has 0 radical (unpaired) electrons. The van der Waals surface area contributed by atoms with E-state index in [9.17, 15) is 4.79 Å². The molecule has 3 aromatic rings. The van der Waals surface area contributed by atoms with Crippen LogP contribution in [0.4, 0.5) is 5.69 Å². The molecule has 0 N–H and O–H groups in total. The Labute approximate surface area is 241 Å². The average molecular weight is 570 g/mol. The van der Waals surface area contributed by atoms with E-state index in [0.717, 1.165) is 11.3 Å². The van der Waals surface area contributed by atoms with E-state index in [-0.39, 0.29) is 23.7 Å². The number of carbonyl (C=O) groups excluding carboxylic acids is 1. The van der Waals surface area contributed by atoms with Crippen molar-refractivity contribution in [2.24, 2.45) is 0 Å². The van der Waals surface area contributed by atoms with Crippen LogP contribution in [-0.4, -0.2) is 56.3 Å². The van der Waals surface area contributed by atoms with Crippen LogP contribution in [0.5, 0.6) is 0 Å². The summed E-state index contributed by atoms with van der Waals surface area (Å²) in [5.74, 6) is -1.11. The SMILES string of the molecule is CC1(C)O[C@H]2[C@H](CO[Si](c3ccccc3)(c3ccccc3)C(C)(C)C)O[C@H]3[C@]2(O1)C(=O)N1c2ccccc2[C@@H]2O[C@]231. The fourth-order valence-corrected chi connectivity index (χ4v) is 12.6. The predicted molar refractivity (Wildman–Crippen MR) is 155 cm³/mol. The molecule has 41 heavy (non-hydrogen) atoms. The highest BCUT2D eigenvalue weighted by Gasteiger charge is 2.90. The fourth-order valence-electron chi connectivity index (χ4n) is 8.03. The fraction of sp³-hybridized carbons (Fsp3) is 0.424. The van der Waals surface area contributed by atoms with Crippen LogP contribution in [0, 0.1) is 0 Å². The summed E-state index contributed by atoms with van der Waals surface area (Å²) in [6.45, 7) is 10.7. The molecule has 4 saturated heterocycles. The van der Waals surface area contributed by atoms with Crippen LogP contribution in [0.25, 0.3) is 0 Å². The lowest BCUT2D eigenvalue weighted by atomic mass is 9.89. The summed E-state index contributed by atoms with van der Waals surface area (Å²) in [5, 5.41) is 2.18. The second-order valence-corrected chi connectivity index (χ2v) is 17.6. The number of rotatable bonds is 5. The van der Waals surface area contributed by atoms with Gasteiger partial charge >= 0.3 is 0 Å². The van der Waals surface area contributed by atoms with Crippen molar-refractivity contribution in [1.82, 2.24) is 0 Å². The normalized spacial score (nSPS) is 34.2. The minimum absolute atomic E-state index is 0.154. The number of ether oxygens (including phenoxy) is 4. The standard InChI is InChI=1S/C33H35NO6Si/c1-30(2,3)41(21-14-8-6-9-15-21,22-16-10-7-11-17-22)36-20-25-27-32(40-31(4,5)38-27)28(37-25)33-26(39-33)23-18-12-13-19-24(23)34(33)29(32)35/h6-19,25-28H,20H2,1-5H3/t25-,26-,27-,28-,32-,33+/m0/s1. The number of para-hydroxylation sites is 1. The summed E-state index contributed by atoms with van der Waals surface area (Å²) in [7, 11) is -2.84. The van der Waals surface area contributed by atoms with Gasteiger partial charge in [0.15, 0.2) is 11.9 Å². The quantitative estimate of drug-likeness (QED) is 0.341. The molecule has 1 amide bonds. The monoisotopic (exact) mass is 569 g/mol. The number of carbonyl (C=O) groups is 1. The molecule has 4 fully saturated rings. The van der Waals surface area contributed by atoms with Crippen molar-refractivity contribution in [2.75, 3.05) is 11.5 Å². The van der Waals surface area contributed by atoms with Gasteiger partial charge in [-0.25, -0.2) is 0 Å². The molecule has 5 aliphatic rings.